The fourth-order valence-electron chi connectivity index (χ4n) is 2.58. The minimum atomic E-state index is -0.437. The average molecular weight is 336 g/mol. The maximum absolute atomic E-state index is 13.2. The van der Waals surface area contributed by atoms with Crippen LogP contribution in [0.1, 0.15) is 20.8 Å². The molecule has 2 aromatic rings. The van der Waals surface area contributed by atoms with Gasteiger partial charge < -0.3 is 14.8 Å². The second-order valence-corrected chi connectivity index (χ2v) is 5.76. The van der Waals surface area contributed by atoms with Gasteiger partial charge in [-0.25, -0.2) is 4.39 Å². The summed E-state index contributed by atoms with van der Waals surface area (Å²) in [6.07, 6.45) is 1.55. The number of nitrogens with one attached hydrogen (secondary N) is 1. The molecule has 1 aliphatic rings. The minimum absolute atomic E-state index is 0.144. The Bertz CT molecular complexity index is 738. The topological polar surface area (TPSA) is 56.4 Å². The molecule has 0 bridgehead atoms. The molecule has 7 heteroatoms. The molecule has 23 heavy (non-hydrogen) atoms. The highest BCUT2D eigenvalue weighted by Gasteiger charge is 2.26. The van der Waals surface area contributed by atoms with Gasteiger partial charge >= 0.3 is 0 Å². The Labute approximate surface area is 137 Å². The second-order valence-electron chi connectivity index (χ2n) is 5.33. The van der Waals surface area contributed by atoms with E-state index in [-0.39, 0.29) is 11.8 Å². The summed E-state index contributed by atoms with van der Waals surface area (Å²) in [4.78, 5) is 30.7. The summed E-state index contributed by atoms with van der Waals surface area (Å²) in [7, 11) is 0. The number of piperazine rings is 1. The first kappa shape index (κ1) is 15.6. The molecular formula is C16H15ClFN3O2. The predicted octanol–water partition coefficient (Wildman–Crippen LogP) is 2.41. The van der Waals surface area contributed by atoms with Crippen molar-refractivity contribution in [2.75, 3.05) is 26.2 Å². The molecule has 1 saturated heterocycles. The molecule has 5 nitrogen and oxygen atoms in total. The van der Waals surface area contributed by atoms with E-state index in [2.05, 4.69) is 4.98 Å². The number of rotatable bonds is 2. The first-order chi connectivity index (χ1) is 11.0. The molecule has 1 aromatic heterocycles. The maximum atomic E-state index is 13.2. The van der Waals surface area contributed by atoms with E-state index in [4.69, 9.17) is 11.6 Å². The van der Waals surface area contributed by atoms with Crippen molar-refractivity contribution in [3.63, 3.8) is 0 Å². The van der Waals surface area contributed by atoms with Crippen molar-refractivity contribution in [1.29, 1.82) is 0 Å². The Morgan fingerprint density at radius 1 is 1.04 bits per heavy atom. The monoisotopic (exact) mass is 335 g/mol. The molecule has 2 heterocycles. The van der Waals surface area contributed by atoms with E-state index in [1.165, 1.54) is 18.2 Å². The standard InChI is InChI=1S/C16H15ClFN3O2/c17-12-9-14(19-10-12)16(23)21-6-4-20(5-7-21)15(22)11-2-1-3-13(18)8-11/h1-3,8-10,19H,4-7H2. The number of amides is 2. The average Bonchev–Trinajstić information content (AvgIpc) is 3.00. The molecular weight excluding hydrogens is 321 g/mol. The molecule has 0 aliphatic carbocycles. The first-order valence-corrected chi connectivity index (χ1v) is 7.60. The number of aromatic nitrogens is 1. The molecule has 1 N–H and O–H groups in total. The predicted molar refractivity (Wildman–Crippen MR) is 84.0 cm³/mol. The lowest BCUT2D eigenvalue weighted by molar-refractivity contribution is 0.0532. The van der Waals surface area contributed by atoms with Crippen LogP contribution in [0.3, 0.4) is 0 Å². The molecule has 0 spiro atoms. The summed E-state index contributed by atoms with van der Waals surface area (Å²) in [6, 6.07) is 7.20. The zero-order valence-corrected chi connectivity index (χ0v) is 13.0. The van der Waals surface area contributed by atoms with Gasteiger partial charge in [-0.2, -0.15) is 0 Å². The van der Waals surface area contributed by atoms with Crippen LogP contribution in [-0.4, -0.2) is 52.8 Å². The summed E-state index contributed by atoms with van der Waals surface area (Å²) in [5.74, 6) is -0.803. The zero-order chi connectivity index (χ0) is 16.4. The number of benzene rings is 1. The molecule has 120 valence electrons. The van der Waals surface area contributed by atoms with E-state index in [0.29, 0.717) is 42.5 Å². The van der Waals surface area contributed by atoms with Crippen molar-refractivity contribution >= 4 is 23.4 Å². The molecule has 0 atom stereocenters. The Kier molecular flexibility index (Phi) is 4.34. The highest BCUT2D eigenvalue weighted by molar-refractivity contribution is 6.30. The van der Waals surface area contributed by atoms with Crippen LogP contribution < -0.4 is 0 Å². The van der Waals surface area contributed by atoms with Crippen LogP contribution >= 0.6 is 11.6 Å². The normalized spacial score (nSPS) is 14.9. The van der Waals surface area contributed by atoms with Crippen molar-refractivity contribution in [2.24, 2.45) is 0 Å². The third-order valence-corrected chi connectivity index (χ3v) is 4.02. The van der Waals surface area contributed by atoms with Crippen LogP contribution in [0.25, 0.3) is 0 Å². The lowest BCUT2D eigenvalue weighted by atomic mass is 10.1. The van der Waals surface area contributed by atoms with Gasteiger partial charge in [0.15, 0.2) is 0 Å². The van der Waals surface area contributed by atoms with Crippen LogP contribution in [0.15, 0.2) is 36.5 Å². The molecule has 0 saturated carbocycles. The van der Waals surface area contributed by atoms with Gasteiger partial charge in [0.25, 0.3) is 11.8 Å². The molecule has 0 radical (unpaired) electrons. The van der Waals surface area contributed by atoms with Crippen LogP contribution in [0, 0.1) is 5.82 Å². The second kappa shape index (κ2) is 6.42. The highest BCUT2D eigenvalue weighted by atomic mass is 35.5. The van der Waals surface area contributed by atoms with Crippen LogP contribution in [0.5, 0.6) is 0 Å². The van der Waals surface area contributed by atoms with Crippen molar-refractivity contribution in [3.05, 3.63) is 58.6 Å². The van der Waals surface area contributed by atoms with Crippen molar-refractivity contribution in [1.82, 2.24) is 14.8 Å². The van der Waals surface area contributed by atoms with Crippen molar-refractivity contribution in [3.8, 4) is 0 Å². The van der Waals surface area contributed by atoms with E-state index in [9.17, 15) is 14.0 Å². The Morgan fingerprint density at radius 2 is 1.70 bits per heavy atom. The number of carbonyl (C=O) groups excluding carboxylic acids is 2. The van der Waals surface area contributed by atoms with Crippen LogP contribution in [0.2, 0.25) is 5.02 Å². The lowest BCUT2D eigenvalue weighted by Gasteiger charge is -2.34. The Hall–Kier alpha value is -2.34. The number of H-pyrrole nitrogens is 1. The van der Waals surface area contributed by atoms with Gasteiger partial charge in [0.2, 0.25) is 0 Å². The maximum Gasteiger partial charge on any atom is 0.270 e. The lowest BCUT2D eigenvalue weighted by Crippen LogP contribution is -2.50. The van der Waals surface area contributed by atoms with Gasteiger partial charge in [0.1, 0.15) is 11.5 Å². The SMILES string of the molecule is O=C(c1cccc(F)c1)N1CCN(C(=O)c2cc(Cl)c[nH]2)CC1. The quantitative estimate of drug-likeness (QED) is 0.916. The summed E-state index contributed by atoms with van der Waals surface area (Å²) in [6.45, 7) is 1.68. The van der Waals surface area contributed by atoms with Crippen molar-refractivity contribution in [2.45, 2.75) is 0 Å². The molecule has 1 aromatic carbocycles. The largest absolute Gasteiger partial charge is 0.356 e. The number of halogens is 2. The summed E-state index contributed by atoms with van der Waals surface area (Å²) >= 11 is 5.80. The van der Waals surface area contributed by atoms with Gasteiger partial charge in [-0.3, -0.25) is 9.59 Å². The summed E-state index contributed by atoms with van der Waals surface area (Å²) in [5.41, 5.74) is 0.751. The fraction of sp³-hybridized carbons (Fsp3) is 0.250. The molecule has 1 fully saturated rings. The van der Waals surface area contributed by atoms with Crippen LogP contribution in [0.4, 0.5) is 4.39 Å². The summed E-state index contributed by atoms with van der Waals surface area (Å²) in [5, 5.41) is 0.480. The molecule has 1 aliphatic heterocycles. The molecule has 2 amide bonds. The van der Waals surface area contributed by atoms with Gasteiger partial charge in [-0.1, -0.05) is 17.7 Å². The zero-order valence-electron chi connectivity index (χ0n) is 12.3. The van der Waals surface area contributed by atoms with Gasteiger partial charge in [0, 0.05) is 37.9 Å². The van der Waals surface area contributed by atoms with E-state index in [1.807, 2.05) is 0 Å². The molecule has 0 unspecified atom stereocenters. The third-order valence-electron chi connectivity index (χ3n) is 3.80. The summed E-state index contributed by atoms with van der Waals surface area (Å²) < 4.78 is 13.2. The van der Waals surface area contributed by atoms with E-state index >= 15 is 0 Å². The number of carbonyl (C=O) groups is 2. The highest BCUT2D eigenvalue weighted by Crippen LogP contribution is 2.14. The minimum Gasteiger partial charge on any atom is -0.356 e. The smallest absolute Gasteiger partial charge is 0.270 e. The molecule has 3 rings (SSSR count). The Morgan fingerprint density at radius 3 is 2.26 bits per heavy atom. The van der Waals surface area contributed by atoms with Gasteiger partial charge in [0.05, 0.1) is 5.02 Å². The third kappa shape index (κ3) is 3.37. The van der Waals surface area contributed by atoms with Crippen molar-refractivity contribution < 1.29 is 14.0 Å². The van der Waals surface area contributed by atoms with E-state index < -0.39 is 5.82 Å². The van der Waals surface area contributed by atoms with Gasteiger partial charge in [-0.15, -0.1) is 0 Å². The first-order valence-electron chi connectivity index (χ1n) is 7.22. The van der Waals surface area contributed by atoms with E-state index in [0.717, 1.165) is 0 Å². The van der Waals surface area contributed by atoms with Crippen LogP contribution in [-0.2, 0) is 0 Å². The van der Waals surface area contributed by atoms with E-state index in [1.54, 1.807) is 28.1 Å². The Balaban J connectivity index is 1.62. The fourth-order valence-corrected chi connectivity index (χ4v) is 2.74. The number of nitrogens with zero attached hydrogens (tertiary/aromatic N) is 2. The van der Waals surface area contributed by atoms with Gasteiger partial charge in [-0.05, 0) is 24.3 Å². The number of aromatic amines is 1. The number of hydrogen-bond acceptors (Lipinski definition) is 2. The number of hydrogen-bond donors (Lipinski definition) is 1.